The third-order valence-corrected chi connectivity index (χ3v) is 6.50. The standard InChI is InChI=1S/C16H26O2/c1-10(2)6-5-7-14(17)18-13-9-11-8-12-15(11,3)16(12,13)4/h10-13H,5-9H2,1-4H3/t11-,12?,13+,15?,16+/m0/s1. The lowest BCUT2D eigenvalue weighted by Crippen LogP contribution is -2.31. The molecular formula is C16H26O2. The summed E-state index contributed by atoms with van der Waals surface area (Å²) in [5.74, 6) is 2.40. The van der Waals surface area contributed by atoms with Crippen molar-refractivity contribution in [2.24, 2.45) is 28.6 Å². The second-order valence-electron chi connectivity index (χ2n) is 7.55. The van der Waals surface area contributed by atoms with E-state index in [1.54, 1.807) is 0 Å². The molecule has 3 saturated carbocycles. The fourth-order valence-corrected chi connectivity index (χ4v) is 5.01. The zero-order chi connectivity index (χ0) is 13.1. The van der Waals surface area contributed by atoms with Crippen LogP contribution in [0, 0.1) is 28.6 Å². The first-order valence-electron chi connectivity index (χ1n) is 7.60. The summed E-state index contributed by atoms with van der Waals surface area (Å²) in [5.41, 5.74) is 0.848. The molecule has 18 heavy (non-hydrogen) atoms. The predicted molar refractivity (Wildman–Crippen MR) is 71.0 cm³/mol. The number of fused-ring (bicyclic) bond motifs is 1. The van der Waals surface area contributed by atoms with Gasteiger partial charge in [-0.15, -0.1) is 0 Å². The van der Waals surface area contributed by atoms with Gasteiger partial charge in [-0.05, 0) is 42.4 Å². The lowest BCUT2D eigenvalue weighted by atomic mass is 9.73. The Balaban J connectivity index is 1.49. The van der Waals surface area contributed by atoms with E-state index >= 15 is 0 Å². The molecule has 102 valence electrons. The Labute approximate surface area is 110 Å². The van der Waals surface area contributed by atoms with Crippen molar-refractivity contribution in [3.63, 3.8) is 0 Å². The van der Waals surface area contributed by atoms with Crippen LogP contribution in [0.2, 0.25) is 0 Å². The second-order valence-corrected chi connectivity index (χ2v) is 7.55. The Morgan fingerprint density at radius 2 is 2.00 bits per heavy atom. The summed E-state index contributed by atoms with van der Waals surface area (Å²) in [6, 6.07) is 0. The van der Waals surface area contributed by atoms with E-state index in [0.29, 0.717) is 23.2 Å². The van der Waals surface area contributed by atoms with E-state index in [0.717, 1.165) is 31.1 Å². The molecule has 0 N–H and O–H groups in total. The quantitative estimate of drug-likeness (QED) is 0.694. The van der Waals surface area contributed by atoms with Crippen LogP contribution < -0.4 is 0 Å². The molecule has 0 aromatic rings. The third kappa shape index (κ3) is 1.38. The monoisotopic (exact) mass is 250 g/mol. The summed E-state index contributed by atoms with van der Waals surface area (Å²) in [6.07, 6.45) is 5.44. The molecule has 2 unspecified atom stereocenters. The van der Waals surface area contributed by atoms with Crippen molar-refractivity contribution in [3.05, 3.63) is 0 Å². The molecule has 0 saturated heterocycles. The molecule has 0 heterocycles. The molecule has 0 radical (unpaired) electrons. The number of carbonyl (C=O) groups excluding carboxylic acids is 1. The van der Waals surface area contributed by atoms with E-state index in [1.807, 2.05) is 0 Å². The molecule has 3 rings (SSSR count). The average Bonchev–Trinajstić information content (AvgIpc) is 2.59. The number of hydrogen-bond acceptors (Lipinski definition) is 2. The molecule has 5 atom stereocenters. The molecule has 3 aliphatic rings. The van der Waals surface area contributed by atoms with Gasteiger partial charge in [-0.1, -0.05) is 34.1 Å². The Morgan fingerprint density at radius 1 is 1.28 bits per heavy atom. The number of esters is 1. The highest BCUT2D eigenvalue weighted by atomic mass is 16.5. The second kappa shape index (κ2) is 3.74. The van der Waals surface area contributed by atoms with Gasteiger partial charge in [0.25, 0.3) is 0 Å². The number of carbonyl (C=O) groups is 1. The molecule has 2 heteroatoms. The largest absolute Gasteiger partial charge is 0.462 e. The molecular weight excluding hydrogens is 224 g/mol. The van der Waals surface area contributed by atoms with Crippen molar-refractivity contribution in [2.75, 3.05) is 0 Å². The smallest absolute Gasteiger partial charge is 0.306 e. The molecule has 0 bridgehead atoms. The number of hydrogen-bond donors (Lipinski definition) is 0. The van der Waals surface area contributed by atoms with Gasteiger partial charge in [0.2, 0.25) is 0 Å². The summed E-state index contributed by atoms with van der Waals surface area (Å²) in [7, 11) is 0. The normalized spacial score (nSPS) is 47.7. The Morgan fingerprint density at radius 3 is 2.50 bits per heavy atom. The van der Waals surface area contributed by atoms with Crippen molar-refractivity contribution in [3.8, 4) is 0 Å². The van der Waals surface area contributed by atoms with Gasteiger partial charge >= 0.3 is 5.97 Å². The van der Waals surface area contributed by atoms with Gasteiger partial charge in [0.15, 0.2) is 0 Å². The lowest BCUT2D eigenvalue weighted by Gasteiger charge is -2.33. The molecule has 0 aliphatic heterocycles. The SMILES string of the molecule is CC(C)CCCC(=O)O[C@@H]1C[C@@H]2CC3C2(C)[C@]31C. The van der Waals surface area contributed by atoms with E-state index in [1.165, 1.54) is 6.42 Å². The summed E-state index contributed by atoms with van der Waals surface area (Å²) in [6.45, 7) is 9.15. The van der Waals surface area contributed by atoms with Crippen LogP contribution in [0.5, 0.6) is 0 Å². The number of rotatable bonds is 5. The molecule has 0 spiro atoms. The minimum atomic E-state index is 0.0393. The van der Waals surface area contributed by atoms with Crippen LogP contribution in [0.4, 0.5) is 0 Å². The highest BCUT2D eigenvalue weighted by molar-refractivity contribution is 5.69. The summed E-state index contributed by atoms with van der Waals surface area (Å²) < 4.78 is 5.78. The fourth-order valence-electron chi connectivity index (χ4n) is 5.01. The van der Waals surface area contributed by atoms with E-state index in [4.69, 9.17) is 4.74 Å². The van der Waals surface area contributed by atoms with Crippen LogP contribution in [-0.4, -0.2) is 12.1 Å². The van der Waals surface area contributed by atoms with Crippen molar-refractivity contribution >= 4 is 5.97 Å². The van der Waals surface area contributed by atoms with Gasteiger partial charge in [-0.3, -0.25) is 4.79 Å². The zero-order valence-electron chi connectivity index (χ0n) is 12.2. The molecule has 0 aromatic carbocycles. The first-order chi connectivity index (χ1) is 8.40. The van der Waals surface area contributed by atoms with Crippen LogP contribution in [0.15, 0.2) is 0 Å². The van der Waals surface area contributed by atoms with Gasteiger partial charge in [0.05, 0.1) is 0 Å². The van der Waals surface area contributed by atoms with Crippen molar-refractivity contribution in [1.82, 2.24) is 0 Å². The highest BCUT2D eigenvalue weighted by Gasteiger charge is 2.87. The van der Waals surface area contributed by atoms with E-state index in [2.05, 4.69) is 27.7 Å². The van der Waals surface area contributed by atoms with Crippen LogP contribution in [0.3, 0.4) is 0 Å². The van der Waals surface area contributed by atoms with Gasteiger partial charge in [0.1, 0.15) is 6.10 Å². The minimum absolute atomic E-state index is 0.0393. The van der Waals surface area contributed by atoms with Crippen molar-refractivity contribution < 1.29 is 9.53 Å². The van der Waals surface area contributed by atoms with Gasteiger partial charge in [-0.25, -0.2) is 0 Å². The zero-order valence-corrected chi connectivity index (χ0v) is 12.2. The fraction of sp³-hybridized carbons (Fsp3) is 0.938. The number of ether oxygens (including phenoxy) is 1. The first-order valence-corrected chi connectivity index (χ1v) is 7.60. The molecule has 3 fully saturated rings. The van der Waals surface area contributed by atoms with Gasteiger partial charge < -0.3 is 4.74 Å². The maximum absolute atomic E-state index is 11.9. The highest BCUT2D eigenvalue weighted by Crippen LogP contribution is 2.89. The van der Waals surface area contributed by atoms with Crippen LogP contribution in [0.25, 0.3) is 0 Å². The van der Waals surface area contributed by atoms with Crippen LogP contribution in [-0.2, 0) is 9.53 Å². The topological polar surface area (TPSA) is 26.3 Å². The maximum atomic E-state index is 11.9. The van der Waals surface area contributed by atoms with Gasteiger partial charge in [0, 0.05) is 11.8 Å². The minimum Gasteiger partial charge on any atom is -0.462 e. The van der Waals surface area contributed by atoms with E-state index in [-0.39, 0.29) is 12.1 Å². The summed E-state index contributed by atoms with van der Waals surface area (Å²) in [5, 5.41) is 0. The Hall–Kier alpha value is -0.530. The summed E-state index contributed by atoms with van der Waals surface area (Å²) >= 11 is 0. The Bertz CT molecular complexity index is 369. The molecule has 0 aromatic heterocycles. The average molecular weight is 250 g/mol. The maximum Gasteiger partial charge on any atom is 0.306 e. The van der Waals surface area contributed by atoms with Crippen molar-refractivity contribution in [2.45, 2.75) is 65.9 Å². The lowest BCUT2D eigenvalue weighted by molar-refractivity contribution is -0.153. The van der Waals surface area contributed by atoms with E-state index in [9.17, 15) is 4.79 Å². The van der Waals surface area contributed by atoms with Crippen LogP contribution >= 0.6 is 0 Å². The van der Waals surface area contributed by atoms with E-state index < -0.39 is 0 Å². The van der Waals surface area contributed by atoms with Gasteiger partial charge in [-0.2, -0.15) is 0 Å². The molecule has 0 amide bonds. The predicted octanol–water partition coefficient (Wildman–Crippen LogP) is 3.79. The Kier molecular flexibility index (Phi) is 2.60. The first kappa shape index (κ1) is 12.5. The third-order valence-electron chi connectivity index (χ3n) is 6.50. The van der Waals surface area contributed by atoms with Crippen LogP contribution in [0.1, 0.15) is 59.8 Å². The van der Waals surface area contributed by atoms with Crippen molar-refractivity contribution in [1.29, 1.82) is 0 Å². The summed E-state index contributed by atoms with van der Waals surface area (Å²) in [4.78, 5) is 11.9. The molecule has 3 aliphatic carbocycles. The molecule has 2 nitrogen and oxygen atoms in total.